The van der Waals surface area contributed by atoms with Crippen LogP contribution in [-0.2, 0) is 0 Å². The fourth-order valence-corrected chi connectivity index (χ4v) is 3.28. The number of nitrogens with zero attached hydrogens (tertiary/aromatic N) is 2. The summed E-state index contributed by atoms with van der Waals surface area (Å²) in [5, 5.41) is 1.76. The zero-order chi connectivity index (χ0) is 13.4. The number of pyridine rings is 1. The minimum absolute atomic E-state index is 0.173. The Morgan fingerprint density at radius 2 is 2.26 bits per heavy atom. The number of halogens is 1. The van der Waals surface area contributed by atoms with Gasteiger partial charge in [-0.2, -0.15) is 0 Å². The third-order valence-electron chi connectivity index (χ3n) is 4.02. The summed E-state index contributed by atoms with van der Waals surface area (Å²) in [5.74, 6) is 0. The number of fused-ring (bicyclic) bond motifs is 1. The molecule has 0 spiro atoms. The first-order valence-corrected chi connectivity index (χ1v) is 7.13. The summed E-state index contributed by atoms with van der Waals surface area (Å²) in [6.45, 7) is 4.24. The Hall–Kier alpha value is -1.16. The molecule has 0 radical (unpaired) electrons. The molecule has 1 aliphatic heterocycles. The van der Waals surface area contributed by atoms with Crippen LogP contribution < -0.4 is 5.73 Å². The van der Waals surface area contributed by atoms with Crippen LogP contribution in [0.15, 0.2) is 30.5 Å². The maximum Gasteiger partial charge on any atom is 0.0765 e. The Balaban J connectivity index is 2.17. The highest BCUT2D eigenvalue weighted by atomic mass is 35.5. The largest absolute Gasteiger partial charge is 0.326 e. The van der Waals surface area contributed by atoms with Gasteiger partial charge >= 0.3 is 0 Å². The van der Waals surface area contributed by atoms with E-state index in [1.165, 1.54) is 5.56 Å². The average Bonchev–Trinajstić information content (AvgIpc) is 2.81. The summed E-state index contributed by atoms with van der Waals surface area (Å²) in [6, 6.07) is 8.40. The maximum atomic E-state index is 6.30. The van der Waals surface area contributed by atoms with Crippen molar-refractivity contribution in [1.29, 1.82) is 0 Å². The van der Waals surface area contributed by atoms with E-state index in [1.54, 1.807) is 0 Å². The highest BCUT2D eigenvalue weighted by Crippen LogP contribution is 2.36. The lowest BCUT2D eigenvalue weighted by molar-refractivity contribution is 0.262. The number of hydrogen-bond acceptors (Lipinski definition) is 3. The van der Waals surface area contributed by atoms with Crippen molar-refractivity contribution in [3.05, 3.63) is 41.0 Å². The molecule has 0 bridgehead atoms. The second-order valence-electron chi connectivity index (χ2n) is 5.06. The SMILES string of the molecule is CCN1CCC(N)C1c1ccc(Cl)c2cccnc12. The van der Waals surface area contributed by atoms with Crippen molar-refractivity contribution in [3.8, 4) is 0 Å². The Morgan fingerprint density at radius 3 is 3.05 bits per heavy atom. The number of benzene rings is 1. The first kappa shape index (κ1) is 12.9. The third-order valence-corrected chi connectivity index (χ3v) is 4.35. The van der Waals surface area contributed by atoms with Gasteiger partial charge in [0.15, 0.2) is 0 Å². The smallest absolute Gasteiger partial charge is 0.0765 e. The van der Waals surface area contributed by atoms with Gasteiger partial charge in [-0.3, -0.25) is 9.88 Å². The zero-order valence-electron chi connectivity index (χ0n) is 11.0. The molecule has 2 N–H and O–H groups in total. The molecule has 0 saturated carbocycles. The molecule has 4 heteroatoms. The van der Waals surface area contributed by atoms with Crippen LogP contribution in [-0.4, -0.2) is 29.0 Å². The van der Waals surface area contributed by atoms with E-state index in [9.17, 15) is 0 Å². The molecule has 2 unspecified atom stereocenters. The number of likely N-dealkylation sites (N-methyl/N-ethyl adjacent to an activating group) is 1. The van der Waals surface area contributed by atoms with Crippen molar-refractivity contribution in [2.24, 2.45) is 5.73 Å². The summed E-state index contributed by atoms with van der Waals surface area (Å²) in [5.41, 5.74) is 8.49. The molecular formula is C15H18ClN3. The van der Waals surface area contributed by atoms with Crippen molar-refractivity contribution < 1.29 is 0 Å². The van der Waals surface area contributed by atoms with E-state index in [0.717, 1.165) is 35.4 Å². The molecule has 1 fully saturated rings. The molecule has 2 heterocycles. The van der Waals surface area contributed by atoms with E-state index < -0.39 is 0 Å². The standard InChI is InChI=1S/C15H18ClN3/c1-2-19-9-7-13(17)15(19)11-5-6-12(16)10-4-3-8-18-14(10)11/h3-6,8,13,15H,2,7,9,17H2,1H3. The van der Waals surface area contributed by atoms with Gasteiger partial charge < -0.3 is 5.73 Å². The minimum Gasteiger partial charge on any atom is -0.326 e. The molecule has 100 valence electrons. The molecule has 1 aromatic heterocycles. The number of nitrogens with two attached hydrogens (primary N) is 1. The lowest BCUT2D eigenvalue weighted by Crippen LogP contribution is -2.32. The summed E-state index contributed by atoms with van der Waals surface area (Å²) in [6.07, 6.45) is 2.86. The predicted molar refractivity (Wildman–Crippen MR) is 79.3 cm³/mol. The van der Waals surface area contributed by atoms with Gasteiger partial charge in [-0.1, -0.05) is 24.6 Å². The van der Waals surface area contributed by atoms with Crippen LogP contribution in [0.3, 0.4) is 0 Å². The van der Waals surface area contributed by atoms with Crippen molar-refractivity contribution in [2.45, 2.75) is 25.4 Å². The molecule has 0 aliphatic carbocycles. The van der Waals surface area contributed by atoms with Crippen LogP contribution in [0, 0.1) is 0 Å². The fraction of sp³-hybridized carbons (Fsp3) is 0.400. The summed E-state index contributed by atoms with van der Waals surface area (Å²) < 4.78 is 0. The third kappa shape index (κ3) is 2.12. The molecule has 3 rings (SSSR count). The highest BCUT2D eigenvalue weighted by molar-refractivity contribution is 6.35. The van der Waals surface area contributed by atoms with Gasteiger partial charge in [-0.15, -0.1) is 0 Å². The molecule has 19 heavy (non-hydrogen) atoms. The number of hydrogen-bond donors (Lipinski definition) is 1. The van der Waals surface area contributed by atoms with E-state index in [-0.39, 0.29) is 12.1 Å². The van der Waals surface area contributed by atoms with Gasteiger partial charge in [0.25, 0.3) is 0 Å². The first-order chi connectivity index (χ1) is 9.22. The summed E-state index contributed by atoms with van der Waals surface area (Å²) >= 11 is 6.26. The normalized spacial score (nSPS) is 24.2. The van der Waals surface area contributed by atoms with Crippen LogP contribution >= 0.6 is 11.6 Å². The van der Waals surface area contributed by atoms with Crippen molar-refractivity contribution in [3.63, 3.8) is 0 Å². The lowest BCUT2D eigenvalue weighted by atomic mass is 9.97. The Morgan fingerprint density at radius 1 is 1.42 bits per heavy atom. The quantitative estimate of drug-likeness (QED) is 0.916. The average molecular weight is 276 g/mol. The summed E-state index contributed by atoms with van der Waals surface area (Å²) in [7, 11) is 0. The molecule has 1 saturated heterocycles. The minimum atomic E-state index is 0.173. The molecule has 1 aliphatic rings. The Labute approximate surface area is 118 Å². The van der Waals surface area contributed by atoms with Gasteiger partial charge in [-0.25, -0.2) is 0 Å². The Bertz CT molecular complexity index is 599. The molecule has 3 nitrogen and oxygen atoms in total. The van der Waals surface area contributed by atoms with Crippen molar-refractivity contribution in [2.75, 3.05) is 13.1 Å². The van der Waals surface area contributed by atoms with E-state index >= 15 is 0 Å². The second kappa shape index (κ2) is 5.08. The molecule has 2 aromatic rings. The van der Waals surface area contributed by atoms with Crippen LogP contribution in [0.4, 0.5) is 0 Å². The molecule has 0 amide bonds. The second-order valence-corrected chi connectivity index (χ2v) is 5.47. The first-order valence-electron chi connectivity index (χ1n) is 6.75. The molecule has 1 aromatic carbocycles. The van der Waals surface area contributed by atoms with Gasteiger partial charge in [-0.05, 0) is 36.7 Å². The fourth-order valence-electron chi connectivity index (χ4n) is 3.06. The van der Waals surface area contributed by atoms with E-state index in [4.69, 9.17) is 17.3 Å². The summed E-state index contributed by atoms with van der Waals surface area (Å²) in [4.78, 5) is 6.94. The molecule has 2 atom stereocenters. The van der Waals surface area contributed by atoms with Crippen molar-refractivity contribution >= 4 is 22.5 Å². The monoisotopic (exact) mass is 275 g/mol. The molecular weight excluding hydrogens is 258 g/mol. The zero-order valence-corrected chi connectivity index (χ0v) is 11.8. The van der Waals surface area contributed by atoms with E-state index in [0.29, 0.717) is 0 Å². The predicted octanol–water partition coefficient (Wildman–Crippen LogP) is 2.98. The number of aromatic nitrogens is 1. The highest BCUT2D eigenvalue weighted by Gasteiger charge is 2.33. The van der Waals surface area contributed by atoms with E-state index in [2.05, 4.69) is 22.9 Å². The Kier molecular flexibility index (Phi) is 3.44. The van der Waals surface area contributed by atoms with Gasteiger partial charge in [0, 0.05) is 29.2 Å². The number of likely N-dealkylation sites (tertiary alicyclic amines) is 1. The number of rotatable bonds is 2. The van der Waals surface area contributed by atoms with Gasteiger partial charge in [0.2, 0.25) is 0 Å². The van der Waals surface area contributed by atoms with Crippen LogP contribution in [0.25, 0.3) is 10.9 Å². The van der Waals surface area contributed by atoms with Gasteiger partial charge in [0.1, 0.15) is 0 Å². The maximum absolute atomic E-state index is 6.30. The van der Waals surface area contributed by atoms with Crippen LogP contribution in [0.1, 0.15) is 24.9 Å². The van der Waals surface area contributed by atoms with Crippen LogP contribution in [0.2, 0.25) is 5.02 Å². The van der Waals surface area contributed by atoms with Gasteiger partial charge in [0.05, 0.1) is 11.6 Å². The van der Waals surface area contributed by atoms with Crippen molar-refractivity contribution in [1.82, 2.24) is 9.88 Å². The lowest BCUT2D eigenvalue weighted by Gasteiger charge is -2.26. The van der Waals surface area contributed by atoms with E-state index in [1.807, 2.05) is 24.4 Å². The van der Waals surface area contributed by atoms with Crippen LogP contribution in [0.5, 0.6) is 0 Å². The topological polar surface area (TPSA) is 42.1 Å².